The lowest BCUT2D eigenvalue weighted by Crippen LogP contribution is -2.10. The maximum atomic E-state index is 13.4. The largest absolute Gasteiger partial charge is 0.501 e. The quantitative estimate of drug-likeness (QED) is 0.651. The molecule has 0 saturated heterocycles. The Bertz CT molecular complexity index is 461. The monoisotopic (exact) mass is 257 g/mol. The Labute approximate surface area is 103 Å². The van der Waals surface area contributed by atoms with Gasteiger partial charge in [0.15, 0.2) is 11.6 Å². The molecular weight excluding hydrogens is 244 g/mol. The average Bonchev–Trinajstić information content (AvgIpc) is 2.35. The average molecular weight is 257 g/mol. The minimum absolute atomic E-state index is 0.109. The standard InChI is InChI=1S/C12H13F2NO3/c1-3-18-5-4-11(16)15-10-7-8(17-2)6-9(13)12(10)14/h4-7H,3H2,1-2H3,(H,15,16)/b5-4+. The Morgan fingerprint density at radius 1 is 1.44 bits per heavy atom. The molecule has 4 nitrogen and oxygen atoms in total. The molecule has 1 aromatic carbocycles. The van der Waals surface area contributed by atoms with Gasteiger partial charge in [-0.25, -0.2) is 8.78 Å². The van der Waals surface area contributed by atoms with Gasteiger partial charge in [-0.2, -0.15) is 0 Å². The first-order chi connectivity index (χ1) is 8.58. The lowest BCUT2D eigenvalue weighted by molar-refractivity contribution is -0.112. The lowest BCUT2D eigenvalue weighted by Gasteiger charge is -2.07. The van der Waals surface area contributed by atoms with E-state index in [4.69, 9.17) is 9.47 Å². The number of hydrogen-bond donors (Lipinski definition) is 1. The summed E-state index contributed by atoms with van der Waals surface area (Å²) in [5, 5.41) is 2.18. The summed E-state index contributed by atoms with van der Waals surface area (Å²) in [6.07, 6.45) is 2.24. The zero-order valence-corrected chi connectivity index (χ0v) is 10.00. The minimum atomic E-state index is -1.14. The molecule has 0 atom stereocenters. The van der Waals surface area contributed by atoms with Gasteiger partial charge >= 0.3 is 0 Å². The molecule has 1 rings (SSSR count). The van der Waals surface area contributed by atoms with Crippen molar-refractivity contribution in [3.05, 3.63) is 36.1 Å². The van der Waals surface area contributed by atoms with Crippen molar-refractivity contribution >= 4 is 11.6 Å². The van der Waals surface area contributed by atoms with Crippen molar-refractivity contribution in [1.29, 1.82) is 0 Å². The fourth-order valence-corrected chi connectivity index (χ4v) is 1.15. The highest BCUT2D eigenvalue weighted by molar-refractivity contribution is 5.99. The molecule has 0 aromatic heterocycles. The summed E-state index contributed by atoms with van der Waals surface area (Å²) in [6, 6.07) is 2.08. The third-order valence-corrected chi connectivity index (χ3v) is 1.98. The Hall–Kier alpha value is -2.11. The van der Waals surface area contributed by atoms with E-state index in [0.717, 1.165) is 12.1 Å². The minimum Gasteiger partial charge on any atom is -0.501 e. The van der Waals surface area contributed by atoms with Crippen LogP contribution >= 0.6 is 0 Å². The molecular formula is C12H13F2NO3. The highest BCUT2D eigenvalue weighted by atomic mass is 19.2. The number of methoxy groups -OCH3 is 1. The molecule has 1 N–H and O–H groups in total. The van der Waals surface area contributed by atoms with Crippen LogP contribution in [-0.4, -0.2) is 19.6 Å². The van der Waals surface area contributed by atoms with Gasteiger partial charge in [-0.05, 0) is 6.92 Å². The van der Waals surface area contributed by atoms with E-state index in [1.807, 2.05) is 0 Å². The summed E-state index contributed by atoms with van der Waals surface area (Å²) >= 11 is 0. The molecule has 0 unspecified atom stereocenters. The van der Waals surface area contributed by atoms with Crippen LogP contribution in [0.15, 0.2) is 24.5 Å². The number of anilines is 1. The van der Waals surface area contributed by atoms with Gasteiger partial charge in [0.25, 0.3) is 5.91 Å². The topological polar surface area (TPSA) is 47.6 Å². The maximum absolute atomic E-state index is 13.4. The normalized spacial score (nSPS) is 10.4. The molecule has 0 aliphatic rings. The van der Waals surface area contributed by atoms with Crippen LogP contribution in [0.4, 0.5) is 14.5 Å². The third-order valence-electron chi connectivity index (χ3n) is 1.98. The zero-order chi connectivity index (χ0) is 13.5. The number of amides is 1. The molecule has 18 heavy (non-hydrogen) atoms. The molecule has 0 heterocycles. The molecule has 0 aliphatic carbocycles. The van der Waals surface area contributed by atoms with E-state index in [0.29, 0.717) is 6.61 Å². The Morgan fingerprint density at radius 3 is 2.78 bits per heavy atom. The van der Waals surface area contributed by atoms with Crippen LogP contribution in [0.1, 0.15) is 6.92 Å². The third kappa shape index (κ3) is 3.73. The van der Waals surface area contributed by atoms with Crippen LogP contribution in [0.25, 0.3) is 0 Å². The van der Waals surface area contributed by atoms with Crippen molar-refractivity contribution in [3.63, 3.8) is 0 Å². The van der Waals surface area contributed by atoms with Crippen LogP contribution in [0.5, 0.6) is 5.75 Å². The summed E-state index contributed by atoms with van der Waals surface area (Å²) in [7, 11) is 1.31. The first-order valence-electron chi connectivity index (χ1n) is 5.20. The van der Waals surface area contributed by atoms with E-state index in [-0.39, 0.29) is 11.4 Å². The van der Waals surface area contributed by atoms with E-state index in [1.165, 1.54) is 19.4 Å². The van der Waals surface area contributed by atoms with Crippen LogP contribution in [0.3, 0.4) is 0 Å². The maximum Gasteiger partial charge on any atom is 0.251 e. The number of nitrogens with one attached hydrogen (secondary N) is 1. The van der Waals surface area contributed by atoms with Crippen molar-refractivity contribution in [2.75, 3.05) is 19.0 Å². The summed E-state index contributed by atoms with van der Waals surface area (Å²) < 4.78 is 36.1. The predicted molar refractivity (Wildman–Crippen MR) is 62.3 cm³/mol. The predicted octanol–water partition coefficient (Wildman–Crippen LogP) is 2.46. The van der Waals surface area contributed by atoms with Gasteiger partial charge in [-0.3, -0.25) is 4.79 Å². The summed E-state index contributed by atoms with van der Waals surface area (Å²) in [6.45, 7) is 2.16. The van der Waals surface area contributed by atoms with Crippen molar-refractivity contribution in [2.45, 2.75) is 6.92 Å². The molecule has 0 aliphatic heterocycles. The molecule has 6 heteroatoms. The first kappa shape index (κ1) is 14.0. The molecule has 0 fully saturated rings. The van der Waals surface area contributed by atoms with Crippen LogP contribution in [0, 0.1) is 11.6 Å². The van der Waals surface area contributed by atoms with Crippen molar-refractivity contribution < 1.29 is 23.0 Å². The van der Waals surface area contributed by atoms with E-state index in [2.05, 4.69) is 5.32 Å². The number of halogens is 2. The van der Waals surface area contributed by atoms with Gasteiger partial charge in [-0.1, -0.05) is 0 Å². The number of rotatable bonds is 5. The fourth-order valence-electron chi connectivity index (χ4n) is 1.15. The molecule has 0 radical (unpaired) electrons. The Balaban J connectivity index is 2.83. The second-order valence-corrected chi connectivity index (χ2v) is 3.22. The molecule has 0 saturated carbocycles. The Kier molecular flexibility index (Phi) is 5.10. The molecule has 98 valence electrons. The Morgan fingerprint density at radius 2 is 2.17 bits per heavy atom. The van der Waals surface area contributed by atoms with Gasteiger partial charge in [0, 0.05) is 18.2 Å². The molecule has 1 amide bonds. The summed E-state index contributed by atoms with van der Waals surface area (Å²) in [5.41, 5.74) is -0.294. The summed E-state index contributed by atoms with van der Waals surface area (Å²) in [5.74, 6) is -2.76. The van der Waals surface area contributed by atoms with Gasteiger partial charge in [0.05, 0.1) is 25.7 Å². The smallest absolute Gasteiger partial charge is 0.251 e. The van der Waals surface area contributed by atoms with Crippen LogP contribution < -0.4 is 10.1 Å². The second-order valence-electron chi connectivity index (χ2n) is 3.22. The van der Waals surface area contributed by atoms with E-state index in [9.17, 15) is 13.6 Å². The van der Waals surface area contributed by atoms with Crippen LogP contribution in [-0.2, 0) is 9.53 Å². The lowest BCUT2D eigenvalue weighted by atomic mass is 10.2. The van der Waals surface area contributed by atoms with Gasteiger partial charge in [0.1, 0.15) is 5.75 Å². The second kappa shape index (κ2) is 6.58. The van der Waals surface area contributed by atoms with Gasteiger partial charge in [0.2, 0.25) is 0 Å². The highest BCUT2D eigenvalue weighted by Gasteiger charge is 2.12. The van der Waals surface area contributed by atoms with Crippen molar-refractivity contribution in [3.8, 4) is 5.75 Å². The SMILES string of the molecule is CCO/C=C/C(=O)Nc1cc(OC)cc(F)c1F. The number of hydrogen-bond acceptors (Lipinski definition) is 3. The first-order valence-corrected chi connectivity index (χ1v) is 5.20. The van der Waals surface area contributed by atoms with Crippen LogP contribution in [0.2, 0.25) is 0 Å². The van der Waals surface area contributed by atoms with Gasteiger partial charge in [-0.15, -0.1) is 0 Å². The highest BCUT2D eigenvalue weighted by Crippen LogP contribution is 2.24. The number of carbonyl (C=O) groups excluding carboxylic acids is 1. The van der Waals surface area contributed by atoms with E-state index < -0.39 is 17.5 Å². The molecule has 0 bridgehead atoms. The van der Waals surface area contributed by atoms with Crippen molar-refractivity contribution in [1.82, 2.24) is 0 Å². The number of ether oxygens (including phenoxy) is 2. The van der Waals surface area contributed by atoms with Gasteiger partial charge < -0.3 is 14.8 Å². The number of carbonyl (C=O) groups is 1. The molecule has 0 spiro atoms. The zero-order valence-electron chi connectivity index (χ0n) is 10.00. The molecule has 1 aromatic rings. The van der Waals surface area contributed by atoms with E-state index >= 15 is 0 Å². The van der Waals surface area contributed by atoms with E-state index in [1.54, 1.807) is 6.92 Å². The fraction of sp³-hybridized carbons (Fsp3) is 0.250. The van der Waals surface area contributed by atoms with Crippen molar-refractivity contribution in [2.24, 2.45) is 0 Å². The summed E-state index contributed by atoms with van der Waals surface area (Å²) in [4.78, 5) is 11.3. The number of benzene rings is 1.